The Hall–Kier alpha value is -1.42. The van der Waals surface area contributed by atoms with Crippen LogP contribution >= 0.6 is 12.4 Å². The van der Waals surface area contributed by atoms with Gasteiger partial charge in [-0.1, -0.05) is 12.1 Å². The molecular formula is C10H12ClNO3. The fourth-order valence-electron chi connectivity index (χ4n) is 1.52. The van der Waals surface area contributed by atoms with Gasteiger partial charge in [-0.2, -0.15) is 0 Å². The van der Waals surface area contributed by atoms with Gasteiger partial charge in [-0.15, -0.1) is 12.4 Å². The van der Waals surface area contributed by atoms with E-state index >= 15 is 0 Å². The summed E-state index contributed by atoms with van der Waals surface area (Å²) in [4.78, 5) is 10.9. The molecule has 5 heteroatoms. The molecule has 0 aliphatic carbocycles. The number of aromatic hydroxyl groups is 1. The lowest BCUT2D eigenvalue weighted by molar-refractivity contribution is 0.115. The molecule has 1 fully saturated rings. The molecule has 0 spiro atoms. The van der Waals surface area contributed by atoms with Gasteiger partial charge in [-0.3, -0.25) is 0 Å². The van der Waals surface area contributed by atoms with E-state index in [1.807, 2.05) is 6.07 Å². The van der Waals surface area contributed by atoms with Crippen molar-refractivity contribution in [2.75, 3.05) is 6.61 Å². The maximum atomic E-state index is 10.9. The molecule has 1 aromatic carbocycles. The molecule has 1 amide bonds. The van der Waals surface area contributed by atoms with Crippen molar-refractivity contribution in [2.45, 2.75) is 12.5 Å². The maximum absolute atomic E-state index is 10.9. The van der Waals surface area contributed by atoms with E-state index in [0.717, 1.165) is 12.0 Å². The van der Waals surface area contributed by atoms with Crippen LogP contribution in [0.5, 0.6) is 5.75 Å². The average molecular weight is 230 g/mol. The zero-order chi connectivity index (χ0) is 9.97. The Bertz CT molecular complexity index is 356. The molecule has 15 heavy (non-hydrogen) atoms. The number of benzene rings is 1. The number of rotatable bonds is 1. The van der Waals surface area contributed by atoms with Crippen LogP contribution in [0.25, 0.3) is 0 Å². The molecule has 4 nitrogen and oxygen atoms in total. The van der Waals surface area contributed by atoms with E-state index in [9.17, 15) is 9.90 Å². The molecule has 0 saturated carbocycles. The number of carbonyl (C=O) groups excluding carboxylic acids is 1. The molecule has 0 bridgehead atoms. The summed E-state index contributed by atoms with van der Waals surface area (Å²) in [5.41, 5.74) is 0.904. The van der Waals surface area contributed by atoms with Gasteiger partial charge in [0.25, 0.3) is 0 Å². The summed E-state index contributed by atoms with van der Waals surface area (Å²) in [5, 5.41) is 12.0. The summed E-state index contributed by atoms with van der Waals surface area (Å²) in [6.45, 7) is 0.423. The standard InChI is InChI=1S/C10H11NO3.ClH/c12-8-3-1-2-7(6-8)9-4-5-14-10(13)11-9;/h1-3,6,9,12H,4-5H2,(H,11,13);1H/t9-;/m0./s1. The zero-order valence-corrected chi connectivity index (χ0v) is 8.79. The van der Waals surface area contributed by atoms with Crippen LogP contribution in [-0.4, -0.2) is 17.8 Å². The van der Waals surface area contributed by atoms with Crippen LogP contribution in [0.15, 0.2) is 24.3 Å². The topological polar surface area (TPSA) is 58.6 Å². The molecule has 1 saturated heterocycles. The SMILES string of the molecule is Cl.O=C1N[C@H](c2cccc(O)c2)CCO1. The van der Waals surface area contributed by atoms with E-state index in [-0.39, 0.29) is 24.2 Å². The summed E-state index contributed by atoms with van der Waals surface area (Å²) in [6.07, 6.45) is 0.333. The minimum Gasteiger partial charge on any atom is -0.508 e. The Labute approximate surface area is 93.7 Å². The summed E-state index contributed by atoms with van der Waals surface area (Å²) >= 11 is 0. The molecule has 82 valence electrons. The Kier molecular flexibility index (Phi) is 3.80. The van der Waals surface area contributed by atoms with Gasteiger partial charge < -0.3 is 15.2 Å². The van der Waals surface area contributed by atoms with Crippen LogP contribution < -0.4 is 5.32 Å². The number of halogens is 1. The summed E-state index contributed by atoms with van der Waals surface area (Å²) < 4.78 is 4.75. The van der Waals surface area contributed by atoms with Gasteiger partial charge in [0.05, 0.1) is 12.6 Å². The van der Waals surface area contributed by atoms with Gasteiger partial charge in [0.1, 0.15) is 5.75 Å². The molecule has 2 rings (SSSR count). The van der Waals surface area contributed by atoms with Gasteiger partial charge >= 0.3 is 6.09 Å². The molecule has 1 atom stereocenters. The minimum absolute atomic E-state index is 0. The average Bonchev–Trinajstić information content (AvgIpc) is 2.18. The lowest BCUT2D eigenvalue weighted by atomic mass is 10.0. The van der Waals surface area contributed by atoms with Crippen molar-refractivity contribution in [2.24, 2.45) is 0 Å². The van der Waals surface area contributed by atoms with Gasteiger partial charge in [-0.05, 0) is 17.7 Å². The lowest BCUT2D eigenvalue weighted by Crippen LogP contribution is -2.35. The fraction of sp³-hybridized carbons (Fsp3) is 0.300. The third kappa shape index (κ3) is 2.76. The number of carbonyl (C=O) groups is 1. The van der Waals surface area contributed by atoms with Crippen molar-refractivity contribution in [1.82, 2.24) is 5.32 Å². The number of alkyl carbamates (subject to hydrolysis) is 1. The van der Waals surface area contributed by atoms with Crippen molar-refractivity contribution in [3.05, 3.63) is 29.8 Å². The number of cyclic esters (lactones) is 1. The Morgan fingerprint density at radius 2 is 2.27 bits per heavy atom. The van der Waals surface area contributed by atoms with Crippen LogP contribution in [0, 0.1) is 0 Å². The number of hydrogen-bond donors (Lipinski definition) is 2. The smallest absolute Gasteiger partial charge is 0.407 e. The molecule has 1 aliphatic rings. The molecule has 0 unspecified atom stereocenters. The molecule has 1 aromatic rings. The normalized spacial score (nSPS) is 19.7. The molecule has 2 N–H and O–H groups in total. The maximum Gasteiger partial charge on any atom is 0.407 e. The van der Waals surface area contributed by atoms with Crippen molar-refractivity contribution in [3.63, 3.8) is 0 Å². The van der Waals surface area contributed by atoms with E-state index < -0.39 is 6.09 Å². The van der Waals surface area contributed by atoms with Crippen LogP contribution in [0.2, 0.25) is 0 Å². The molecule has 0 radical (unpaired) electrons. The molecule has 0 aromatic heterocycles. The van der Waals surface area contributed by atoms with Gasteiger partial charge in [0.2, 0.25) is 0 Å². The molecular weight excluding hydrogens is 218 g/mol. The summed E-state index contributed by atoms with van der Waals surface area (Å²) in [5.74, 6) is 0.211. The molecule has 1 aliphatic heterocycles. The predicted octanol–water partition coefficient (Wildman–Crippen LogP) is 1.99. The summed E-state index contributed by atoms with van der Waals surface area (Å²) in [7, 11) is 0. The molecule has 1 heterocycles. The third-order valence-electron chi connectivity index (χ3n) is 2.20. The largest absolute Gasteiger partial charge is 0.508 e. The van der Waals surface area contributed by atoms with E-state index in [0.29, 0.717) is 6.61 Å². The Morgan fingerprint density at radius 1 is 1.47 bits per heavy atom. The first-order valence-corrected chi connectivity index (χ1v) is 4.48. The van der Waals surface area contributed by atoms with Gasteiger partial charge in [0, 0.05) is 6.42 Å². The first-order chi connectivity index (χ1) is 6.75. The number of hydrogen-bond acceptors (Lipinski definition) is 3. The van der Waals surface area contributed by atoms with Crippen molar-refractivity contribution < 1.29 is 14.6 Å². The zero-order valence-electron chi connectivity index (χ0n) is 7.97. The van der Waals surface area contributed by atoms with Gasteiger partial charge in [0.15, 0.2) is 0 Å². The highest BCUT2D eigenvalue weighted by atomic mass is 35.5. The highest BCUT2D eigenvalue weighted by molar-refractivity contribution is 5.85. The van der Waals surface area contributed by atoms with Crippen molar-refractivity contribution in [1.29, 1.82) is 0 Å². The Morgan fingerprint density at radius 3 is 2.93 bits per heavy atom. The van der Waals surface area contributed by atoms with Crippen molar-refractivity contribution >= 4 is 18.5 Å². The van der Waals surface area contributed by atoms with Crippen LogP contribution in [0.3, 0.4) is 0 Å². The first kappa shape index (κ1) is 11.7. The predicted molar refractivity (Wildman–Crippen MR) is 57.2 cm³/mol. The quantitative estimate of drug-likeness (QED) is 0.774. The third-order valence-corrected chi connectivity index (χ3v) is 2.20. The Balaban J connectivity index is 0.00000112. The van der Waals surface area contributed by atoms with Crippen LogP contribution in [0.4, 0.5) is 4.79 Å². The minimum atomic E-state index is -0.399. The van der Waals surface area contributed by atoms with Crippen LogP contribution in [-0.2, 0) is 4.74 Å². The second kappa shape index (κ2) is 4.89. The highest BCUT2D eigenvalue weighted by Gasteiger charge is 2.20. The highest BCUT2D eigenvalue weighted by Crippen LogP contribution is 2.22. The number of ether oxygens (including phenoxy) is 1. The van der Waals surface area contributed by atoms with Gasteiger partial charge in [-0.25, -0.2) is 4.79 Å². The summed E-state index contributed by atoms with van der Waals surface area (Å²) in [6, 6.07) is 6.83. The number of nitrogens with one attached hydrogen (secondary N) is 1. The van der Waals surface area contributed by atoms with E-state index in [1.54, 1.807) is 18.2 Å². The number of amides is 1. The van der Waals surface area contributed by atoms with E-state index in [2.05, 4.69) is 5.32 Å². The second-order valence-electron chi connectivity index (χ2n) is 3.22. The first-order valence-electron chi connectivity index (χ1n) is 4.48. The van der Waals surface area contributed by atoms with E-state index in [1.165, 1.54) is 0 Å². The van der Waals surface area contributed by atoms with E-state index in [4.69, 9.17) is 4.74 Å². The van der Waals surface area contributed by atoms with Crippen molar-refractivity contribution in [3.8, 4) is 5.75 Å². The number of phenolic OH excluding ortho intramolecular Hbond substituents is 1. The number of phenols is 1. The van der Waals surface area contributed by atoms with Crippen LogP contribution in [0.1, 0.15) is 18.0 Å². The lowest BCUT2D eigenvalue weighted by Gasteiger charge is -2.23. The second-order valence-corrected chi connectivity index (χ2v) is 3.22. The monoisotopic (exact) mass is 229 g/mol. The fourth-order valence-corrected chi connectivity index (χ4v) is 1.52.